The molecule has 0 aliphatic rings. The summed E-state index contributed by atoms with van der Waals surface area (Å²) < 4.78 is 10.6. The maximum absolute atomic E-state index is 10.6. The number of methoxy groups -OCH3 is 1. The zero-order valence-electron chi connectivity index (χ0n) is 11.1. The van der Waals surface area contributed by atoms with Crippen LogP contribution in [0.25, 0.3) is 11.5 Å². The molecule has 2 rings (SSSR count). The first-order valence-corrected chi connectivity index (χ1v) is 5.83. The number of carbonyl (C=O) groups is 1. The van der Waals surface area contributed by atoms with Gasteiger partial charge in [-0.05, 0) is 37.1 Å². The van der Waals surface area contributed by atoms with Gasteiger partial charge in [-0.15, -0.1) is 0 Å². The van der Waals surface area contributed by atoms with Gasteiger partial charge in [-0.3, -0.25) is 4.79 Å². The van der Waals surface area contributed by atoms with E-state index in [-0.39, 0.29) is 6.42 Å². The van der Waals surface area contributed by atoms with Crippen molar-refractivity contribution in [2.75, 3.05) is 7.11 Å². The van der Waals surface area contributed by atoms with Gasteiger partial charge in [0, 0.05) is 5.56 Å². The molecule has 0 radical (unpaired) electrons. The van der Waals surface area contributed by atoms with E-state index in [4.69, 9.17) is 14.3 Å². The highest BCUT2D eigenvalue weighted by Gasteiger charge is 2.14. The molecule has 1 aromatic heterocycles. The minimum atomic E-state index is -0.928. The number of carboxylic acid groups (broad SMARTS) is 1. The van der Waals surface area contributed by atoms with Gasteiger partial charge in [0.15, 0.2) is 0 Å². The van der Waals surface area contributed by atoms with Crippen LogP contribution in [0.3, 0.4) is 0 Å². The monoisotopic (exact) mass is 261 g/mol. The zero-order chi connectivity index (χ0) is 14.0. The highest BCUT2D eigenvalue weighted by atomic mass is 16.5. The smallest absolute Gasteiger partial charge is 0.309 e. The molecule has 0 aliphatic heterocycles. The van der Waals surface area contributed by atoms with Crippen molar-refractivity contribution in [2.24, 2.45) is 0 Å². The molecule has 5 heteroatoms. The summed E-state index contributed by atoms with van der Waals surface area (Å²) in [5, 5.41) is 8.72. The van der Waals surface area contributed by atoms with Crippen molar-refractivity contribution in [1.29, 1.82) is 0 Å². The highest BCUT2D eigenvalue weighted by molar-refractivity contribution is 5.70. The summed E-state index contributed by atoms with van der Waals surface area (Å²) in [7, 11) is 1.62. The average Bonchev–Trinajstić information content (AvgIpc) is 2.80. The van der Waals surface area contributed by atoms with Gasteiger partial charge in [-0.25, -0.2) is 4.98 Å². The molecule has 2 aromatic rings. The Bertz CT molecular complexity index is 616. The second kappa shape index (κ2) is 5.14. The number of aliphatic carboxylic acids is 1. The molecule has 0 unspecified atom stereocenters. The van der Waals surface area contributed by atoms with E-state index < -0.39 is 5.97 Å². The van der Waals surface area contributed by atoms with Crippen molar-refractivity contribution in [3.05, 3.63) is 35.2 Å². The normalized spacial score (nSPS) is 10.5. The van der Waals surface area contributed by atoms with Crippen molar-refractivity contribution in [3.63, 3.8) is 0 Å². The van der Waals surface area contributed by atoms with Crippen molar-refractivity contribution in [1.82, 2.24) is 4.98 Å². The average molecular weight is 261 g/mol. The summed E-state index contributed by atoms with van der Waals surface area (Å²) in [5.74, 6) is 0.306. The molecule has 0 saturated carbocycles. The summed E-state index contributed by atoms with van der Waals surface area (Å²) in [4.78, 5) is 14.8. The molecular weight excluding hydrogens is 246 g/mol. The van der Waals surface area contributed by atoms with E-state index in [1.165, 1.54) is 6.26 Å². The van der Waals surface area contributed by atoms with Gasteiger partial charge in [0.1, 0.15) is 12.0 Å². The number of hydrogen-bond donors (Lipinski definition) is 1. The maximum atomic E-state index is 10.6. The summed E-state index contributed by atoms with van der Waals surface area (Å²) in [5.41, 5.74) is 3.27. The molecular formula is C14H15NO4. The topological polar surface area (TPSA) is 72.6 Å². The fourth-order valence-corrected chi connectivity index (χ4v) is 1.92. The van der Waals surface area contributed by atoms with E-state index >= 15 is 0 Å². The van der Waals surface area contributed by atoms with Gasteiger partial charge in [0.25, 0.3) is 0 Å². The molecule has 0 atom stereocenters. The van der Waals surface area contributed by atoms with Crippen LogP contribution in [0.4, 0.5) is 0 Å². The molecule has 0 aliphatic carbocycles. The van der Waals surface area contributed by atoms with Crippen molar-refractivity contribution < 1.29 is 19.1 Å². The molecule has 1 N–H and O–H groups in total. The van der Waals surface area contributed by atoms with E-state index in [9.17, 15) is 4.79 Å². The number of oxazole rings is 1. The van der Waals surface area contributed by atoms with Crippen molar-refractivity contribution in [2.45, 2.75) is 20.3 Å². The quantitative estimate of drug-likeness (QED) is 0.915. The molecule has 100 valence electrons. The lowest BCUT2D eigenvalue weighted by molar-refractivity contribution is -0.136. The van der Waals surface area contributed by atoms with Gasteiger partial charge in [-0.1, -0.05) is 0 Å². The molecule has 0 amide bonds. The standard InChI is InChI=1S/C14H15NO4/c1-8-9(2)12(18-3)5-4-11(8)14-15-10(7-19-14)6-13(16)17/h4-5,7H,6H2,1-3H3,(H,16,17). The number of rotatable bonds is 4. The third kappa shape index (κ3) is 2.59. The molecule has 1 heterocycles. The van der Waals surface area contributed by atoms with Crippen LogP contribution in [0.5, 0.6) is 5.75 Å². The van der Waals surface area contributed by atoms with Gasteiger partial charge in [0.05, 0.1) is 19.2 Å². The maximum Gasteiger partial charge on any atom is 0.309 e. The molecule has 19 heavy (non-hydrogen) atoms. The zero-order valence-corrected chi connectivity index (χ0v) is 11.1. The minimum Gasteiger partial charge on any atom is -0.496 e. The van der Waals surface area contributed by atoms with Gasteiger partial charge in [0.2, 0.25) is 5.89 Å². The number of ether oxygens (including phenoxy) is 1. The van der Waals surface area contributed by atoms with E-state index in [0.717, 1.165) is 22.4 Å². The van der Waals surface area contributed by atoms with Crippen LogP contribution >= 0.6 is 0 Å². The summed E-state index contributed by atoms with van der Waals surface area (Å²) in [6.07, 6.45) is 1.24. The van der Waals surface area contributed by atoms with Crippen LogP contribution in [0, 0.1) is 13.8 Å². The second-order valence-corrected chi connectivity index (χ2v) is 4.28. The Morgan fingerprint density at radius 3 is 2.74 bits per heavy atom. The Kier molecular flexibility index (Phi) is 3.55. The number of aromatic nitrogens is 1. The molecule has 1 aromatic carbocycles. The number of hydrogen-bond acceptors (Lipinski definition) is 4. The van der Waals surface area contributed by atoms with Crippen molar-refractivity contribution in [3.8, 4) is 17.2 Å². The van der Waals surface area contributed by atoms with Crippen LogP contribution in [-0.4, -0.2) is 23.2 Å². The Labute approximate surface area is 110 Å². The fraction of sp³-hybridized carbons (Fsp3) is 0.286. The SMILES string of the molecule is COc1ccc(-c2nc(CC(=O)O)co2)c(C)c1C. The van der Waals surface area contributed by atoms with Gasteiger partial charge < -0.3 is 14.3 Å². The van der Waals surface area contributed by atoms with Crippen LogP contribution in [0.2, 0.25) is 0 Å². The lowest BCUT2D eigenvalue weighted by Gasteiger charge is -2.10. The lowest BCUT2D eigenvalue weighted by atomic mass is 10.0. The Balaban J connectivity index is 2.39. The van der Waals surface area contributed by atoms with Crippen molar-refractivity contribution >= 4 is 5.97 Å². The minimum absolute atomic E-state index is 0.141. The summed E-state index contributed by atoms with van der Waals surface area (Å²) in [6, 6.07) is 3.70. The van der Waals surface area contributed by atoms with E-state index in [1.807, 2.05) is 26.0 Å². The largest absolute Gasteiger partial charge is 0.496 e. The first kappa shape index (κ1) is 13.1. The van der Waals surface area contributed by atoms with Gasteiger partial charge in [-0.2, -0.15) is 0 Å². The van der Waals surface area contributed by atoms with E-state index in [0.29, 0.717) is 11.6 Å². The Morgan fingerprint density at radius 1 is 1.37 bits per heavy atom. The first-order valence-electron chi connectivity index (χ1n) is 5.83. The first-order chi connectivity index (χ1) is 9.02. The van der Waals surface area contributed by atoms with E-state index in [2.05, 4.69) is 4.98 Å². The Hall–Kier alpha value is -2.30. The molecule has 0 bridgehead atoms. The number of benzene rings is 1. The van der Waals surface area contributed by atoms with Crippen LogP contribution in [0.1, 0.15) is 16.8 Å². The van der Waals surface area contributed by atoms with Gasteiger partial charge >= 0.3 is 5.97 Å². The lowest BCUT2D eigenvalue weighted by Crippen LogP contribution is -2.00. The second-order valence-electron chi connectivity index (χ2n) is 4.28. The highest BCUT2D eigenvalue weighted by Crippen LogP contribution is 2.30. The summed E-state index contributed by atoms with van der Waals surface area (Å²) in [6.45, 7) is 3.91. The van der Waals surface area contributed by atoms with Crippen LogP contribution < -0.4 is 4.74 Å². The number of carboxylic acids is 1. The van der Waals surface area contributed by atoms with E-state index in [1.54, 1.807) is 7.11 Å². The third-order valence-electron chi connectivity index (χ3n) is 3.07. The fourth-order valence-electron chi connectivity index (χ4n) is 1.92. The summed E-state index contributed by atoms with van der Waals surface area (Å²) >= 11 is 0. The predicted molar refractivity (Wildman–Crippen MR) is 69.3 cm³/mol. The molecule has 0 saturated heterocycles. The van der Waals surface area contributed by atoms with Crippen LogP contribution in [0.15, 0.2) is 22.8 Å². The predicted octanol–water partition coefficient (Wildman–Crippen LogP) is 2.59. The molecule has 0 spiro atoms. The molecule has 0 fully saturated rings. The third-order valence-corrected chi connectivity index (χ3v) is 3.07. The molecule has 5 nitrogen and oxygen atoms in total. The number of nitrogens with zero attached hydrogens (tertiary/aromatic N) is 1. The van der Waals surface area contributed by atoms with Crippen LogP contribution in [-0.2, 0) is 11.2 Å². The Morgan fingerprint density at radius 2 is 2.11 bits per heavy atom.